The van der Waals surface area contributed by atoms with E-state index >= 15 is 0 Å². The van der Waals surface area contributed by atoms with E-state index < -0.39 is 0 Å². The third-order valence-electron chi connectivity index (χ3n) is 5.78. The van der Waals surface area contributed by atoms with Crippen LogP contribution in [0.25, 0.3) is 0 Å². The number of hydrogen-bond acceptors (Lipinski definition) is 3. The summed E-state index contributed by atoms with van der Waals surface area (Å²) < 4.78 is 0. The van der Waals surface area contributed by atoms with Crippen molar-refractivity contribution in [2.75, 3.05) is 29.9 Å². The maximum absolute atomic E-state index is 12.4. The van der Waals surface area contributed by atoms with Crippen LogP contribution in [0.2, 0.25) is 0 Å². The van der Waals surface area contributed by atoms with E-state index in [9.17, 15) is 9.59 Å². The molecule has 1 aliphatic heterocycles. The fraction of sp³-hybridized carbons (Fsp3) is 0.619. The van der Waals surface area contributed by atoms with Gasteiger partial charge < -0.3 is 15.1 Å². The largest absolute Gasteiger partial charge is 0.372 e. The van der Waals surface area contributed by atoms with Crippen LogP contribution in [0.5, 0.6) is 0 Å². The van der Waals surface area contributed by atoms with Gasteiger partial charge in [-0.15, -0.1) is 0 Å². The summed E-state index contributed by atoms with van der Waals surface area (Å²) in [6, 6.07) is 8.29. The van der Waals surface area contributed by atoms with E-state index in [4.69, 9.17) is 0 Å². The van der Waals surface area contributed by atoms with Crippen molar-refractivity contribution < 1.29 is 9.59 Å². The molecule has 1 aromatic rings. The Labute approximate surface area is 156 Å². The van der Waals surface area contributed by atoms with E-state index in [1.54, 1.807) is 11.8 Å². The van der Waals surface area contributed by atoms with E-state index in [1.165, 1.54) is 18.5 Å². The third-order valence-corrected chi connectivity index (χ3v) is 5.78. The number of carbonyl (C=O) groups is 2. The summed E-state index contributed by atoms with van der Waals surface area (Å²) in [5.74, 6) is 0.683. The molecule has 0 radical (unpaired) electrons. The highest BCUT2D eigenvalue weighted by Gasteiger charge is 2.26. The van der Waals surface area contributed by atoms with Gasteiger partial charge in [-0.2, -0.15) is 0 Å². The van der Waals surface area contributed by atoms with Crippen molar-refractivity contribution in [2.45, 2.75) is 58.4 Å². The van der Waals surface area contributed by atoms with Gasteiger partial charge in [0.25, 0.3) is 0 Å². The number of nitrogens with zero attached hydrogens (tertiary/aromatic N) is 2. The predicted molar refractivity (Wildman–Crippen MR) is 105 cm³/mol. The van der Waals surface area contributed by atoms with Crippen LogP contribution in [-0.2, 0) is 9.59 Å². The van der Waals surface area contributed by atoms with Crippen LogP contribution in [0.3, 0.4) is 0 Å². The minimum atomic E-state index is -0.119. The zero-order valence-corrected chi connectivity index (χ0v) is 16.0. The molecule has 1 N–H and O–H groups in total. The van der Waals surface area contributed by atoms with Crippen LogP contribution >= 0.6 is 0 Å². The molecule has 2 aliphatic rings. The molecule has 5 heteroatoms. The highest BCUT2D eigenvalue weighted by Crippen LogP contribution is 2.25. The molecule has 0 unspecified atom stereocenters. The fourth-order valence-electron chi connectivity index (χ4n) is 4.09. The van der Waals surface area contributed by atoms with Crippen molar-refractivity contribution in [2.24, 2.45) is 5.92 Å². The van der Waals surface area contributed by atoms with E-state index in [1.807, 2.05) is 12.1 Å². The summed E-state index contributed by atoms with van der Waals surface area (Å²) in [5.41, 5.74) is 2.00. The lowest BCUT2D eigenvalue weighted by Gasteiger charge is -2.32. The smallest absolute Gasteiger partial charge is 0.244 e. The topological polar surface area (TPSA) is 52.7 Å². The van der Waals surface area contributed by atoms with E-state index in [0.717, 1.165) is 50.4 Å². The Balaban J connectivity index is 1.54. The number of amides is 2. The van der Waals surface area contributed by atoms with Crippen LogP contribution in [0, 0.1) is 5.92 Å². The molecule has 5 nitrogen and oxygen atoms in total. The Bertz CT molecular complexity index is 615. The molecule has 0 atom stereocenters. The molecule has 0 aromatic heterocycles. The lowest BCUT2D eigenvalue weighted by atomic mass is 9.99. The first kappa shape index (κ1) is 18.7. The van der Waals surface area contributed by atoms with Gasteiger partial charge in [0.05, 0.1) is 0 Å². The van der Waals surface area contributed by atoms with Gasteiger partial charge in [-0.1, -0.05) is 19.8 Å². The SMILES string of the molecule is CC(=O)N(CC(=O)Nc1ccc(N2CCC(C)CC2)cc1)C1CCCC1. The fourth-order valence-corrected chi connectivity index (χ4v) is 4.09. The van der Waals surface area contributed by atoms with Gasteiger partial charge in [-0.3, -0.25) is 9.59 Å². The van der Waals surface area contributed by atoms with Crippen LogP contribution < -0.4 is 10.2 Å². The van der Waals surface area contributed by atoms with Gasteiger partial charge >= 0.3 is 0 Å². The normalized spacial score (nSPS) is 18.8. The molecule has 1 aromatic carbocycles. The summed E-state index contributed by atoms with van der Waals surface area (Å²) in [6.07, 6.45) is 6.78. The number of benzene rings is 1. The molecule has 26 heavy (non-hydrogen) atoms. The highest BCUT2D eigenvalue weighted by molar-refractivity contribution is 5.94. The average molecular weight is 357 g/mol. The maximum Gasteiger partial charge on any atom is 0.244 e. The second-order valence-corrected chi connectivity index (χ2v) is 7.85. The van der Waals surface area contributed by atoms with Crippen LogP contribution in [0.1, 0.15) is 52.4 Å². The molecular weight excluding hydrogens is 326 g/mol. The predicted octanol–water partition coefficient (Wildman–Crippen LogP) is 3.65. The maximum atomic E-state index is 12.4. The lowest BCUT2D eigenvalue weighted by molar-refractivity contribution is -0.135. The number of piperidine rings is 1. The first-order valence-corrected chi connectivity index (χ1v) is 9.95. The number of nitrogens with one attached hydrogen (secondary N) is 1. The van der Waals surface area contributed by atoms with Crippen molar-refractivity contribution in [1.29, 1.82) is 0 Å². The standard InChI is InChI=1S/C21H31N3O2/c1-16-11-13-23(14-12-16)19-9-7-18(8-10-19)22-21(26)15-24(17(2)25)20-5-3-4-6-20/h7-10,16,20H,3-6,11-15H2,1-2H3,(H,22,26). The molecule has 2 fully saturated rings. The minimum absolute atomic E-state index is 0.0123. The van der Waals surface area contributed by atoms with Crippen molar-refractivity contribution in [3.63, 3.8) is 0 Å². The minimum Gasteiger partial charge on any atom is -0.372 e. The number of carbonyl (C=O) groups excluding carboxylic acids is 2. The first-order valence-electron chi connectivity index (χ1n) is 9.95. The summed E-state index contributed by atoms with van der Waals surface area (Å²) in [5, 5.41) is 2.94. The van der Waals surface area contributed by atoms with Gasteiger partial charge in [0.15, 0.2) is 0 Å². The van der Waals surface area contributed by atoms with Gasteiger partial charge in [0.2, 0.25) is 11.8 Å². The quantitative estimate of drug-likeness (QED) is 0.875. The zero-order valence-electron chi connectivity index (χ0n) is 16.0. The van der Waals surface area contributed by atoms with Crippen LogP contribution in [0.15, 0.2) is 24.3 Å². The van der Waals surface area contributed by atoms with Gasteiger partial charge in [0, 0.05) is 37.4 Å². The van der Waals surface area contributed by atoms with Crippen molar-refractivity contribution in [3.05, 3.63) is 24.3 Å². The molecule has 142 valence electrons. The summed E-state index contributed by atoms with van der Waals surface area (Å²) in [4.78, 5) is 28.4. The zero-order chi connectivity index (χ0) is 18.5. The monoisotopic (exact) mass is 357 g/mol. The van der Waals surface area contributed by atoms with Crippen LogP contribution in [0.4, 0.5) is 11.4 Å². The average Bonchev–Trinajstić information content (AvgIpc) is 3.15. The van der Waals surface area contributed by atoms with Crippen molar-refractivity contribution in [1.82, 2.24) is 4.90 Å². The van der Waals surface area contributed by atoms with Gasteiger partial charge in [-0.05, 0) is 55.9 Å². The molecule has 2 amide bonds. The molecular formula is C21H31N3O2. The van der Waals surface area contributed by atoms with Gasteiger partial charge in [-0.25, -0.2) is 0 Å². The second-order valence-electron chi connectivity index (χ2n) is 7.85. The molecule has 1 heterocycles. The Morgan fingerprint density at radius 3 is 2.27 bits per heavy atom. The van der Waals surface area contributed by atoms with Gasteiger partial charge in [0.1, 0.15) is 6.54 Å². The summed E-state index contributed by atoms with van der Waals surface area (Å²) >= 11 is 0. The molecule has 0 spiro atoms. The van der Waals surface area contributed by atoms with Crippen molar-refractivity contribution in [3.8, 4) is 0 Å². The van der Waals surface area contributed by atoms with Crippen LogP contribution in [-0.4, -0.2) is 42.4 Å². The Morgan fingerprint density at radius 2 is 1.69 bits per heavy atom. The lowest BCUT2D eigenvalue weighted by Crippen LogP contribution is -2.42. The molecule has 3 rings (SSSR count). The van der Waals surface area contributed by atoms with Crippen molar-refractivity contribution >= 4 is 23.2 Å². The second kappa shape index (κ2) is 8.56. The Kier molecular flexibility index (Phi) is 6.17. The molecule has 0 bridgehead atoms. The van der Waals surface area contributed by atoms with E-state index in [0.29, 0.717) is 0 Å². The molecule has 1 saturated carbocycles. The Morgan fingerprint density at radius 1 is 1.08 bits per heavy atom. The highest BCUT2D eigenvalue weighted by atomic mass is 16.2. The molecule has 1 aliphatic carbocycles. The number of rotatable bonds is 5. The first-order chi connectivity index (χ1) is 12.5. The van der Waals surface area contributed by atoms with E-state index in [2.05, 4.69) is 29.3 Å². The third kappa shape index (κ3) is 4.77. The summed E-state index contributed by atoms with van der Waals surface area (Å²) in [6.45, 7) is 6.21. The Hall–Kier alpha value is -2.04. The molecule has 1 saturated heterocycles. The number of hydrogen-bond donors (Lipinski definition) is 1. The van der Waals surface area contributed by atoms with E-state index in [-0.39, 0.29) is 24.4 Å². The summed E-state index contributed by atoms with van der Waals surface area (Å²) in [7, 11) is 0. The number of anilines is 2.